The summed E-state index contributed by atoms with van der Waals surface area (Å²) in [5.74, 6) is 0. The average molecular weight is 277 g/mol. The lowest BCUT2D eigenvalue weighted by molar-refractivity contribution is 0.269. The molecule has 0 radical (unpaired) electrons. The summed E-state index contributed by atoms with van der Waals surface area (Å²) in [7, 11) is 0. The Labute approximate surface area is 124 Å². The van der Waals surface area contributed by atoms with E-state index < -0.39 is 0 Å². The molecule has 0 aliphatic carbocycles. The summed E-state index contributed by atoms with van der Waals surface area (Å²) in [5, 5.41) is 3.47. The molecule has 114 valence electrons. The fourth-order valence-electron chi connectivity index (χ4n) is 2.29. The standard InChI is InChI=1S/C17H31N3/c1-5-20(13-8-6-7-12-18-15(2)3)14-17-11-9-10-16(4)19-17/h9-11,15,18H,5-8,12-14H2,1-4H3. The molecule has 1 heterocycles. The van der Waals surface area contributed by atoms with Crippen LogP contribution >= 0.6 is 0 Å². The van der Waals surface area contributed by atoms with Gasteiger partial charge in [-0.05, 0) is 51.5 Å². The van der Waals surface area contributed by atoms with Crippen molar-refractivity contribution in [2.24, 2.45) is 0 Å². The minimum absolute atomic E-state index is 0.606. The predicted octanol–water partition coefficient (Wildman–Crippen LogP) is 3.38. The van der Waals surface area contributed by atoms with Crippen molar-refractivity contribution in [3.63, 3.8) is 0 Å². The van der Waals surface area contributed by atoms with Crippen molar-refractivity contribution in [1.29, 1.82) is 0 Å². The lowest BCUT2D eigenvalue weighted by Gasteiger charge is -2.20. The maximum absolute atomic E-state index is 4.59. The van der Waals surface area contributed by atoms with Crippen molar-refractivity contribution >= 4 is 0 Å². The van der Waals surface area contributed by atoms with Crippen LogP contribution in [0.2, 0.25) is 0 Å². The fourth-order valence-corrected chi connectivity index (χ4v) is 2.29. The van der Waals surface area contributed by atoms with Crippen molar-refractivity contribution in [3.05, 3.63) is 29.6 Å². The second kappa shape index (κ2) is 9.89. The molecule has 0 saturated carbocycles. The molecule has 1 N–H and O–H groups in total. The summed E-state index contributed by atoms with van der Waals surface area (Å²) >= 11 is 0. The summed E-state index contributed by atoms with van der Waals surface area (Å²) < 4.78 is 0. The van der Waals surface area contributed by atoms with E-state index >= 15 is 0 Å². The Morgan fingerprint density at radius 2 is 2.00 bits per heavy atom. The monoisotopic (exact) mass is 277 g/mol. The van der Waals surface area contributed by atoms with Crippen LogP contribution in [0.5, 0.6) is 0 Å². The fraction of sp³-hybridized carbons (Fsp3) is 0.706. The molecule has 0 saturated heterocycles. The zero-order valence-electron chi connectivity index (χ0n) is 13.7. The third-order valence-electron chi connectivity index (χ3n) is 3.48. The van der Waals surface area contributed by atoms with Crippen molar-refractivity contribution in [2.75, 3.05) is 19.6 Å². The molecule has 0 bridgehead atoms. The second-order valence-corrected chi connectivity index (χ2v) is 5.81. The third-order valence-corrected chi connectivity index (χ3v) is 3.48. The highest BCUT2D eigenvalue weighted by atomic mass is 15.1. The zero-order valence-corrected chi connectivity index (χ0v) is 13.7. The molecular weight excluding hydrogens is 246 g/mol. The van der Waals surface area contributed by atoms with Gasteiger partial charge in [0.05, 0.1) is 5.69 Å². The summed E-state index contributed by atoms with van der Waals surface area (Å²) in [6.07, 6.45) is 3.86. The zero-order chi connectivity index (χ0) is 14.8. The maximum Gasteiger partial charge on any atom is 0.0547 e. The summed E-state index contributed by atoms with van der Waals surface area (Å²) in [4.78, 5) is 7.07. The molecule has 3 heteroatoms. The summed E-state index contributed by atoms with van der Waals surface area (Å²) in [6.45, 7) is 13.1. The Morgan fingerprint density at radius 1 is 1.20 bits per heavy atom. The number of nitrogens with zero attached hydrogens (tertiary/aromatic N) is 2. The molecule has 3 nitrogen and oxygen atoms in total. The molecule has 0 atom stereocenters. The van der Waals surface area contributed by atoms with Gasteiger partial charge in [-0.15, -0.1) is 0 Å². The van der Waals surface area contributed by atoms with E-state index in [1.54, 1.807) is 0 Å². The van der Waals surface area contributed by atoms with Crippen LogP contribution in [-0.2, 0) is 6.54 Å². The van der Waals surface area contributed by atoms with Gasteiger partial charge in [-0.2, -0.15) is 0 Å². The molecule has 0 amide bonds. The van der Waals surface area contributed by atoms with E-state index in [4.69, 9.17) is 0 Å². The van der Waals surface area contributed by atoms with Crippen molar-refractivity contribution in [1.82, 2.24) is 15.2 Å². The predicted molar refractivity (Wildman–Crippen MR) is 86.9 cm³/mol. The van der Waals surface area contributed by atoms with E-state index in [-0.39, 0.29) is 0 Å². The molecule has 20 heavy (non-hydrogen) atoms. The number of unbranched alkanes of at least 4 members (excludes halogenated alkanes) is 2. The van der Waals surface area contributed by atoms with E-state index in [1.165, 1.54) is 31.5 Å². The van der Waals surface area contributed by atoms with E-state index in [0.29, 0.717) is 6.04 Å². The normalized spacial score (nSPS) is 11.5. The molecule has 0 spiro atoms. The number of pyridine rings is 1. The molecule has 0 aliphatic rings. The SMILES string of the molecule is CCN(CCCCCNC(C)C)Cc1cccc(C)n1. The number of nitrogens with one attached hydrogen (secondary N) is 1. The molecule has 0 unspecified atom stereocenters. The minimum atomic E-state index is 0.606. The first-order chi connectivity index (χ1) is 9.61. The van der Waals surface area contributed by atoms with E-state index in [2.05, 4.69) is 61.1 Å². The Bertz CT molecular complexity index is 363. The highest BCUT2D eigenvalue weighted by Gasteiger charge is 2.04. The van der Waals surface area contributed by atoms with Gasteiger partial charge in [0.1, 0.15) is 0 Å². The van der Waals surface area contributed by atoms with Gasteiger partial charge >= 0.3 is 0 Å². The van der Waals surface area contributed by atoms with Gasteiger partial charge in [0.25, 0.3) is 0 Å². The van der Waals surface area contributed by atoms with Crippen LogP contribution in [0.1, 0.15) is 51.4 Å². The van der Waals surface area contributed by atoms with Gasteiger partial charge < -0.3 is 5.32 Å². The van der Waals surface area contributed by atoms with Gasteiger partial charge in [-0.25, -0.2) is 0 Å². The van der Waals surface area contributed by atoms with E-state index in [0.717, 1.165) is 25.3 Å². The quantitative estimate of drug-likeness (QED) is 0.665. The first kappa shape index (κ1) is 17.1. The lowest BCUT2D eigenvalue weighted by atomic mass is 10.2. The molecule has 0 aliphatic heterocycles. The topological polar surface area (TPSA) is 28.2 Å². The lowest BCUT2D eigenvalue weighted by Crippen LogP contribution is -2.25. The average Bonchev–Trinajstić information content (AvgIpc) is 2.41. The van der Waals surface area contributed by atoms with Gasteiger partial charge in [0.2, 0.25) is 0 Å². The minimum Gasteiger partial charge on any atom is -0.315 e. The summed E-state index contributed by atoms with van der Waals surface area (Å²) in [6, 6.07) is 6.89. The van der Waals surface area contributed by atoms with Gasteiger partial charge in [0, 0.05) is 18.3 Å². The van der Waals surface area contributed by atoms with Crippen molar-refractivity contribution in [3.8, 4) is 0 Å². The van der Waals surface area contributed by atoms with Crippen LogP contribution < -0.4 is 5.32 Å². The molecule has 0 fully saturated rings. The maximum atomic E-state index is 4.59. The first-order valence-electron chi connectivity index (χ1n) is 8.00. The Hall–Kier alpha value is -0.930. The first-order valence-corrected chi connectivity index (χ1v) is 8.00. The molecule has 1 rings (SSSR count). The van der Waals surface area contributed by atoms with Crippen molar-refractivity contribution < 1.29 is 0 Å². The largest absolute Gasteiger partial charge is 0.315 e. The summed E-state index contributed by atoms with van der Waals surface area (Å²) in [5.41, 5.74) is 2.30. The van der Waals surface area contributed by atoms with E-state index in [1.807, 2.05) is 0 Å². The Kier molecular flexibility index (Phi) is 8.47. The van der Waals surface area contributed by atoms with Gasteiger partial charge in [0.15, 0.2) is 0 Å². The molecule has 1 aromatic rings. The molecule has 0 aromatic carbocycles. The smallest absolute Gasteiger partial charge is 0.0547 e. The Balaban J connectivity index is 2.19. The highest BCUT2D eigenvalue weighted by molar-refractivity contribution is 5.09. The van der Waals surface area contributed by atoms with Crippen LogP contribution in [-0.4, -0.2) is 35.6 Å². The third kappa shape index (κ3) is 7.61. The molecular formula is C17H31N3. The van der Waals surface area contributed by atoms with Gasteiger partial charge in [-0.1, -0.05) is 33.3 Å². The van der Waals surface area contributed by atoms with Gasteiger partial charge in [-0.3, -0.25) is 9.88 Å². The number of hydrogen-bond donors (Lipinski definition) is 1. The van der Waals surface area contributed by atoms with Crippen LogP contribution in [0, 0.1) is 6.92 Å². The van der Waals surface area contributed by atoms with Crippen LogP contribution in [0.15, 0.2) is 18.2 Å². The Morgan fingerprint density at radius 3 is 2.65 bits per heavy atom. The second-order valence-electron chi connectivity index (χ2n) is 5.81. The highest BCUT2D eigenvalue weighted by Crippen LogP contribution is 2.05. The molecule has 1 aromatic heterocycles. The number of aryl methyl sites for hydroxylation is 1. The number of aromatic nitrogens is 1. The number of hydrogen-bond acceptors (Lipinski definition) is 3. The van der Waals surface area contributed by atoms with Crippen LogP contribution in [0.4, 0.5) is 0 Å². The van der Waals surface area contributed by atoms with Crippen LogP contribution in [0.3, 0.4) is 0 Å². The van der Waals surface area contributed by atoms with E-state index in [9.17, 15) is 0 Å². The number of rotatable bonds is 10. The van der Waals surface area contributed by atoms with Crippen LogP contribution in [0.25, 0.3) is 0 Å². The van der Waals surface area contributed by atoms with Crippen molar-refractivity contribution in [2.45, 2.75) is 59.5 Å².